The van der Waals surface area contributed by atoms with Crippen molar-refractivity contribution in [1.29, 1.82) is 0 Å². The van der Waals surface area contributed by atoms with Crippen LogP contribution in [-0.2, 0) is 15.9 Å². The molecule has 1 aliphatic rings. The Balaban J connectivity index is 1.22. The van der Waals surface area contributed by atoms with Crippen LogP contribution in [0.4, 0.5) is 5.82 Å². The molecular formula is C20H21N5O4S. The first-order valence-corrected chi connectivity index (χ1v) is 10.5. The van der Waals surface area contributed by atoms with Gasteiger partial charge in [0.1, 0.15) is 30.2 Å². The Morgan fingerprint density at radius 2 is 2.03 bits per heavy atom. The van der Waals surface area contributed by atoms with E-state index in [0.29, 0.717) is 17.8 Å². The maximum Gasteiger partial charge on any atom is 0.167 e. The third-order valence-corrected chi connectivity index (χ3v) is 6.37. The number of fused-ring (bicyclic) bond motifs is 2. The van der Waals surface area contributed by atoms with Crippen molar-refractivity contribution in [3.8, 4) is 0 Å². The van der Waals surface area contributed by atoms with E-state index in [1.165, 1.54) is 28.3 Å². The number of aliphatic hydroxyl groups is 2. The van der Waals surface area contributed by atoms with Gasteiger partial charge in [0.2, 0.25) is 0 Å². The summed E-state index contributed by atoms with van der Waals surface area (Å²) in [5.41, 5.74) is 7.91. The van der Waals surface area contributed by atoms with Crippen molar-refractivity contribution in [2.45, 2.75) is 31.0 Å². The highest BCUT2D eigenvalue weighted by atomic mass is 32.1. The predicted octanol–water partition coefficient (Wildman–Crippen LogP) is 1.50. The average molecular weight is 427 g/mol. The maximum atomic E-state index is 10.5. The number of nitrogen functional groups attached to an aromatic ring is 1. The van der Waals surface area contributed by atoms with Crippen LogP contribution < -0.4 is 5.73 Å². The van der Waals surface area contributed by atoms with Gasteiger partial charge in [0.05, 0.1) is 19.5 Å². The molecule has 4 heterocycles. The SMILES string of the molecule is Nc1ncnc2c1ncn2[C@@H]1O[C@H](COCCc2csc3ccccc23)[C@@H](O)[C@H]1O. The van der Waals surface area contributed by atoms with Gasteiger partial charge >= 0.3 is 0 Å². The van der Waals surface area contributed by atoms with Crippen molar-refractivity contribution in [2.75, 3.05) is 18.9 Å². The molecule has 0 unspecified atom stereocenters. The lowest BCUT2D eigenvalue weighted by molar-refractivity contribution is -0.0649. The van der Waals surface area contributed by atoms with Crippen molar-refractivity contribution in [3.63, 3.8) is 0 Å². The molecule has 4 atom stereocenters. The van der Waals surface area contributed by atoms with E-state index in [1.54, 1.807) is 15.9 Å². The van der Waals surface area contributed by atoms with Gasteiger partial charge in [0.25, 0.3) is 0 Å². The van der Waals surface area contributed by atoms with Crippen LogP contribution in [0.5, 0.6) is 0 Å². The van der Waals surface area contributed by atoms with Gasteiger partial charge < -0.3 is 25.4 Å². The highest BCUT2D eigenvalue weighted by Crippen LogP contribution is 2.32. The van der Waals surface area contributed by atoms with E-state index < -0.39 is 24.5 Å². The van der Waals surface area contributed by atoms with Crippen LogP contribution in [0.25, 0.3) is 21.3 Å². The molecule has 4 aromatic rings. The Labute approximate surface area is 175 Å². The molecule has 156 valence electrons. The van der Waals surface area contributed by atoms with E-state index in [2.05, 4.69) is 32.5 Å². The normalized spacial score (nSPS) is 24.2. The molecule has 3 aromatic heterocycles. The van der Waals surface area contributed by atoms with E-state index in [-0.39, 0.29) is 12.4 Å². The van der Waals surface area contributed by atoms with Crippen LogP contribution in [0, 0.1) is 0 Å². The molecule has 0 radical (unpaired) electrons. The Morgan fingerprint density at radius 3 is 2.93 bits per heavy atom. The molecule has 1 aromatic carbocycles. The molecule has 0 saturated carbocycles. The smallest absolute Gasteiger partial charge is 0.167 e. The van der Waals surface area contributed by atoms with E-state index in [0.717, 1.165) is 6.42 Å². The minimum absolute atomic E-state index is 0.167. The second kappa shape index (κ2) is 7.89. The third kappa shape index (κ3) is 3.32. The largest absolute Gasteiger partial charge is 0.387 e. The summed E-state index contributed by atoms with van der Waals surface area (Å²) in [6.45, 7) is 0.659. The summed E-state index contributed by atoms with van der Waals surface area (Å²) < 4.78 is 14.5. The summed E-state index contributed by atoms with van der Waals surface area (Å²) >= 11 is 1.72. The van der Waals surface area contributed by atoms with Crippen LogP contribution in [0.3, 0.4) is 0 Å². The van der Waals surface area contributed by atoms with Crippen LogP contribution in [-0.4, -0.2) is 61.3 Å². The van der Waals surface area contributed by atoms with Gasteiger partial charge in [-0.25, -0.2) is 15.0 Å². The summed E-state index contributed by atoms with van der Waals surface area (Å²) in [6.07, 6.45) is -0.179. The number of anilines is 1. The molecule has 9 nitrogen and oxygen atoms in total. The molecule has 1 saturated heterocycles. The summed E-state index contributed by atoms with van der Waals surface area (Å²) in [4.78, 5) is 12.3. The number of thiophene rings is 1. The number of ether oxygens (including phenoxy) is 2. The monoisotopic (exact) mass is 427 g/mol. The number of hydrogen-bond donors (Lipinski definition) is 3. The topological polar surface area (TPSA) is 129 Å². The fourth-order valence-corrected chi connectivity index (χ4v) is 4.76. The quantitative estimate of drug-likeness (QED) is 0.395. The number of benzene rings is 1. The summed E-state index contributed by atoms with van der Waals surface area (Å²) in [5, 5.41) is 24.3. The zero-order valence-corrected chi connectivity index (χ0v) is 16.8. The number of rotatable bonds is 6. The molecule has 5 rings (SSSR count). The number of hydrogen-bond acceptors (Lipinski definition) is 9. The molecule has 4 N–H and O–H groups in total. The van der Waals surface area contributed by atoms with E-state index in [9.17, 15) is 10.2 Å². The van der Waals surface area contributed by atoms with Crippen molar-refractivity contribution in [3.05, 3.63) is 47.9 Å². The predicted molar refractivity (Wildman–Crippen MR) is 112 cm³/mol. The Morgan fingerprint density at radius 1 is 1.17 bits per heavy atom. The minimum Gasteiger partial charge on any atom is -0.387 e. The van der Waals surface area contributed by atoms with E-state index in [4.69, 9.17) is 15.2 Å². The van der Waals surface area contributed by atoms with Gasteiger partial charge in [-0.15, -0.1) is 11.3 Å². The fraction of sp³-hybridized carbons (Fsp3) is 0.350. The third-order valence-electron chi connectivity index (χ3n) is 5.36. The lowest BCUT2D eigenvalue weighted by Crippen LogP contribution is -2.34. The van der Waals surface area contributed by atoms with Crippen molar-refractivity contribution in [1.82, 2.24) is 19.5 Å². The molecule has 1 fully saturated rings. The number of nitrogens with zero attached hydrogens (tertiary/aromatic N) is 4. The second-order valence-electron chi connectivity index (χ2n) is 7.21. The minimum atomic E-state index is -1.15. The molecule has 0 aliphatic carbocycles. The average Bonchev–Trinajstić information content (AvgIpc) is 3.44. The van der Waals surface area contributed by atoms with Gasteiger partial charge in [-0.2, -0.15) is 0 Å². The molecule has 0 spiro atoms. The maximum absolute atomic E-state index is 10.5. The van der Waals surface area contributed by atoms with Crippen molar-refractivity contribution < 1.29 is 19.7 Å². The Kier molecular flexibility index (Phi) is 5.09. The Bertz CT molecular complexity index is 1180. The van der Waals surface area contributed by atoms with Crippen LogP contribution in [0.1, 0.15) is 11.8 Å². The van der Waals surface area contributed by atoms with Crippen LogP contribution in [0.2, 0.25) is 0 Å². The van der Waals surface area contributed by atoms with Gasteiger partial charge in [0, 0.05) is 4.70 Å². The van der Waals surface area contributed by atoms with E-state index >= 15 is 0 Å². The van der Waals surface area contributed by atoms with Crippen molar-refractivity contribution in [2.24, 2.45) is 0 Å². The number of imidazole rings is 1. The zero-order valence-electron chi connectivity index (χ0n) is 16.0. The summed E-state index contributed by atoms with van der Waals surface area (Å²) in [7, 11) is 0. The molecule has 30 heavy (non-hydrogen) atoms. The lowest BCUT2D eigenvalue weighted by Gasteiger charge is -2.16. The molecule has 1 aliphatic heterocycles. The molecule has 10 heteroatoms. The Hall–Kier alpha value is -2.63. The number of nitrogens with two attached hydrogens (primary N) is 1. The summed E-state index contributed by atoms with van der Waals surface area (Å²) in [5.74, 6) is 0.243. The van der Waals surface area contributed by atoms with Crippen molar-refractivity contribution >= 4 is 38.4 Å². The molecular weight excluding hydrogens is 406 g/mol. The highest BCUT2D eigenvalue weighted by Gasteiger charge is 2.44. The second-order valence-corrected chi connectivity index (χ2v) is 8.12. The fourth-order valence-electron chi connectivity index (χ4n) is 3.76. The number of aliphatic hydroxyl groups excluding tert-OH is 2. The first kappa shape index (κ1) is 19.3. The standard InChI is InChI=1S/C20H21N5O4S/c21-18-15-19(23-9-22-18)25(10-24-15)20-17(27)16(26)13(29-20)7-28-6-5-11-8-30-14-4-2-1-3-12(11)14/h1-4,8-10,13,16-17,20,26-27H,5-7H2,(H2,21,22,23)/t13-,16-,17-,20-/m1/s1. The van der Waals surface area contributed by atoms with Crippen LogP contribution >= 0.6 is 11.3 Å². The molecule has 0 bridgehead atoms. The first-order chi connectivity index (χ1) is 14.6. The highest BCUT2D eigenvalue weighted by molar-refractivity contribution is 7.17. The number of aromatic nitrogens is 4. The summed E-state index contributed by atoms with van der Waals surface area (Å²) in [6, 6.07) is 8.27. The van der Waals surface area contributed by atoms with Gasteiger partial charge in [-0.1, -0.05) is 18.2 Å². The van der Waals surface area contributed by atoms with Gasteiger partial charge in [0.15, 0.2) is 17.7 Å². The first-order valence-electron chi connectivity index (χ1n) is 9.61. The van der Waals surface area contributed by atoms with Gasteiger partial charge in [-0.3, -0.25) is 4.57 Å². The van der Waals surface area contributed by atoms with E-state index in [1.807, 2.05) is 12.1 Å². The lowest BCUT2D eigenvalue weighted by atomic mass is 10.1. The zero-order chi connectivity index (χ0) is 20.7. The van der Waals surface area contributed by atoms with Crippen LogP contribution in [0.15, 0.2) is 42.3 Å². The molecule has 0 amide bonds. The van der Waals surface area contributed by atoms with Gasteiger partial charge in [-0.05, 0) is 28.8 Å².